The Bertz CT molecular complexity index is 763. The van der Waals surface area contributed by atoms with E-state index in [2.05, 4.69) is 20.5 Å². The van der Waals surface area contributed by atoms with Gasteiger partial charge in [0.05, 0.1) is 19.4 Å². The molecule has 0 unspecified atom stereocenters. The van der Waals surface area contributed by atoms with Crippen LogP contribution in [0.2, 0.25) is 0 Å². The Balaban J connectivity index is 1.93. The monoisotopic (exact) mass is 306 g/mol. The molecule has 0 radical (unpaired) electrons. The molecule has 1 aliphatic carbocycles. The maximum atomic E-state index is 14.0. The number of methoxy groups -OCH3 is 1. The highest BCUT2D eigenvalue weighted by Gasteiger charge is 2.43. The number of hydrogen-bond donors (Lipinski definition) is 1. The van der Waals surface area contributed by atoms with Crippen LogP contribution in [0.1, 0.15) is 23.5 Å². The smallest absolute Gasteiger partial charge is 0.374 e. The van der Waals surface area contributed by atoms with E-state index in [0.29, 0.717) is 4.90 Å². The number of esters is 1. The number of aromatic nitrogens is 2. The third kappa shape index (κ3) is 2.46. The number of rotatable bonds is 4. The number of fused-ring (bicyclic) bond motifs is 1. The summed E-state index contributed by atoms with van der Waals surface area (Å²) in [4.78, 5) is 16.0. The van der Waals surface area contributed by atoms with Crippen molar-refractivity contribution in [2.45, 2.75) is 23.3 Å². The van der Waals surface area contributed by atoms with E-state index in [1.807, 2.05) is 0 Å². The van der Waals surface area contributed by atoms with Gasteiger partial charge in [-0.25, -0.2) is 18.9 Å². The number of hydrogen-bond acceptors (Lipinski definition) is 6. The molecule has 0 saturated heterocycles. The summed E-state index contributed by atoms with van der Waals surface area (Å²) < 4.78 is 23.0. The molecule has 21 heavy (non-hydrogen) atoms. The van der Waals surface area contributed by atoms with Gasteiger partial charge in [0, 0.05) is 11.1 Å². The predicted molar refractivity (Wildman–Crippen MR) is 73.1 cm³/mol. The van der Waals surface area contributed by atoms with E-state index in [0.717, 1.165) is 24.8 Å². The Hall–Kier alpha value is -2.11. The summed E-state index contributed by atoms with van der Waals surface area (Å²) in [6, 6.07) is 3.53. The van der Waals surface area contributed by atoms with Crippen LogP contribution in [0.4, 0.5) is 4.39 Å². The van der Waals surface area contributed by atoms with Crippen molar-refractivity contribution < 1.29 is 13.9 Å². The Morgan fingerprint density at radius 2 is 2.43 bits per heavy atom. The van der Waals surface area contributed by atoms with Gasteiger partial charge in [-0.1, -0.05) is 0 Å². The highest BCUT2D eigenvalue weighted by molar-refractivity contribution is 7.97. The third-order valence-electron chi connectivity index (χ3n) is 3.26. The van der Waals surface area contributed by atoms with Crippen LogP contribution < -0.4 is 4.72 Å². The van der Waals surface area contributed by atoms with Crippen LogP contribution in [0, 0.1) is 17.1 Å². The molecule has 0 aromatic carbocycles. The number of nitriles is 1. The van der Waals surface area contributed by atoms with E-state index in [1.165, 1.54) is 23.8 Å². The van der Waals surface area contributed by atoms with Crippen molar-refractivity contribution in [3.05, 3.63) is 30.1 Å². The summed E-state index contributed by atoms with van der Waals surface area (Å²) in [5.74, 6) is -1.12. The topological polar surface area (TPSA) is 79.4 Å². The van der Waals surface area contributed by atoms with Crippen LogP contribution in [0.5, 0.6) is 0 Å². The first-order valence-corrected chi connectivity index (χ1v) is 7.00. The van der Waals surface area contributed by atoms with Crippen LogP contribution >= 0.6 is 11.9 Å². The van der Waals surface area contributed by atoms with Crippen molar-refractivity contribution in [3.63, 3.8) is 0 Å². The number of carbonyl (C=O) groups excluding carboxylic acids is 1. The average molecular weight is 306 g/mol. The zero-order valence-electron chi connectivity index (χ0n) is 11.1. The SMILES string of the molecule is COC(=O)c1ncc2c(F)cc(SNC3(C#N)CC3)cn12. The summed E-state index contributed by atoms with van der Waals surface area (Å²) in [6.07, 6.45) is 4.42. The largest absolute Gasteiger partial charge is 0.463 e. The number of ether oxygens (including phenoxy) is 1. The second kappa shape index (κ2) is 5.02. The molecule has 108 valence electrons. The lowest BCUT2D eigenvalue weighted by Crippen LogP contribution is -2.22. The molecule has 0 atom stereocenters. The number of pyridine rings is 1. The number of imidazole rings is 1. The Morgan fingerprint density at radius 1 is 1.67 bits per heavy atom. The lowest BCUT2D eigenvalue weighted by molar-refractivity contribution is 0.0586. The molecular weight excluding hydrogens is 295 g/mol. The molecule has 1 saturated carbocycles. The maximum absolute atomic E-state index is 14.0. The zero-order chi connectivity index (χ0) is 15.0. The number of nitrogens with one attached hydrogen (secondary N) is 1. The van der Waals surface area contributed by atoms with Gasteiger partial charge in [0.15, 0.2) is 0 Å². The zero-order valence-corrected chi connectivity index (χ0v) is 11.9. The molecule has 0 spiro atoms. The number of halogens is 1. The first-order chi connectivity index (χ1) is 10.1. The Labute approximate surface area is 124 Å². The van der Waals surface area contributed by atoms with E-state index in [9.17, 15) is 9.18 Å². The molecule has 0 amide bonds. The summed E-state index contributed by atoms with van der Waals surface area (Å²) >= 11 is 1.16. The van der Waals surface area contributed by atoms with Crippen molar-refractivity contribution in [1.29, 1.82) is 5.26 Å². The van der Waals surface area contributed by atoms with Gasteiger partial charge in [-0.15, -0.1) is 0 Å². The van der Waals surface area contributed by atoms with E-state index < -0.39 is 17.3 Å². The lowest BCUT2D eigenvalue weighted by atomic mass is 10.3. The minimum absolute atomic E-state index is 0.00951. The molecule has 2 heterocycles. The van der Waals surface area contributed by atoms with Crippen molar-refractivity contribution in [1.82, 2.24) is 14.1 Å². The van der Waals surface area contributed by atoms with Gasteiger partial charge in [0.1, 0.15) is 16.9 Å². The van der Waals surface area contributed by atoms with E-state index in [4.69, 9.17) is 5.26 Å². The van der Waals surface area contributed by atoms with Crippen LogP contribution in [0.25, 0.3) is 5.52 Å². The summed E-state index contributed by atoms with van der Waals surface area (Å²) in [5.41, 5.74) is -0.322. The Morgan fingerprint density at radius 3 is 3.05 bits per heavy atom. The van der Waals surface area contributed by atoms with Gasteiger partial charge in [-0.2, -0.15) is 5.26 Å². The molecule has 3 rings (SSSR count). The molecule has 6 nitrogen and oxygen atoms in total. The quantitative estimate of drug-likeness (QED) is 0.686. The fourth-order valence-electron chi connectivity index (χ4n) is 1.85. The third-order valence-corrected chi connectivity index (χ3v) is 4.21. The average Bonchev–Trinajstić information content (AvgIpc) is 3.15. The molecule has 0 bridgehead atoms. The van der Waals surface area contributed by atoms with Crippen molar-refractivity contribution >= 4 is 23.4 Å². The molecule has 1 aliphatic rings. The summed E-state index contributed by atoms with van der Waals surface area (Å²) in [6.45, 7) is 0. The fourth-order valence-corrected chi connectivity index (χ4v) is 2.73. The van der Waals surface area contributed by atoms with E-state index >= 15 is 0 Å². The number of carbonyl (C=O) groups is 1. The molecular formula is C13H11FN4O2S. The van der Waals surface area contributed by atoms with Gasteiger partial charge < -0.3 is 4.74 Å². The summed E-state index contributed by atoms with van der Waals surface area (Å²) in [7, 11) is 1.24. The second-order valence-electron chi connectivity index (χ2n) is 4.75. The lowest BCUT2D eigenvalue weighted by Gasteiger charge is -2.09. The van der Waals surface area contributed by atoms with E-state index in [1.54, 1.807) is 6.20 Å². The van der Waals surface area contributed by atoms with Gasteiger partial charge in [0.25, 0.3) is 0 Å². The molecule has 0 aliphatic heterocycles. The van der Waals surface area contributed by atoms with Gasteiger partial charge in [0.2, 0.25) is 5.82 Å². The minimum atomic E-state index is -0.639. The fraction of sp³-hybridized carbons (Fsp3) is 0.308. The van der Waals surface area contributed by atoms with Crippen molar-refractivity contribution in [3.8, 4) is 6.07 Å². The molecule has 1 fully saturated rings. The number of nitrogens with zero attached hydrogens (tertiary/aromatic N) is 3. The predicted octanol–water partition coefficient (Wildman–Crippen LogP) is 1.91. The molecule has 2 aromatic heterocycles. The van der Waals surface area contributed by atoms with E-state index in [-0.39, 0.29) is 11.3 Å². The van der Waals surface area contributed by atoms with Gasteiger partial charge >= 0.3 is 5.97 Å². The van der Waals surface area contributed by atoms with Crippen LogP contribution in [-0.2, 0) is 4.74 Å². The first kappa shape index (κ1) is 13.9. The van der Waals surface area contributed by atoms with Crippen LogP contribution in [0.3, 0.4) is 0 Å². The highest BCUT2D eigenvalue weighted by atomic mass is 32.2. The standard InChI is InChI=1S/C13H11FN4O2S/c1-20-12(19)11-16-5-10-9(14)4-8(6-18(10)11)21-17-13(7-15)2-3-13/h4-6,17H,2-3H2,1H3. The first-order valence-electron chi connectivity index (χ1n) is 6.19. The van der Waals surface area contributed by atoms with Crippen LogP contribution in [0.15, 0.2) is 23.4 Å². The van der Waals surface area contributed by atoms with Crippen LogP contribution in [-0.4, -0.2) is 28.0 Å². The second-order valence-corrected chi connectivity index (χ2v) is 5.63. The maximum Gasteiger partial charge on any atom is 0.374 e. The molecule has 2 aromatic rings. The molecule has 1 N–H and O–H groups in total. The Kier molecular flexibility index (Phi) is 3.31. The normalized spacial score (nSPS) is 15.7. The van der Waals surface area contributed by atoms with Crippen molar-refractivity contribution in [2.24, 2.45) is 0 Å². The highest BCUT2D eigenvalue weighted by Crippen LogP contribution is 2.37. The van der Waals surface area contributed by atoms with Gasteiger partial charge in [-0.05, 0) is 30.9 Å². The minimum Gasteiger partial charge on any atom is -0.463 e. The summed E-state index contributed by atoms with van der Waals surface area (Å²) in [5, 5.41) is 9.00. The molecule has 8 heteroatoms. The van der Waals surface area contributed by atoms with Crippen molar-refractivity contribution in [2.75, 3.05) is 7.11 Å². The van der Waals surface area contributed by atoms with Gasteiger partial charge in [-0.3, -0.25) is 4.40 Å².